The minimum atomic E-state index is 0.667. The number of nitrogens with one attached hydrogen (secondary N) is 1. The molecule has 4 nitrogen and oxygen atoms in total. The fourth-order valence-electron chi connectivity index (χ4n) is 4.19. The molecule has 3 rings (SSSR count). The van der Waals surface area contributed by atoms with Gasteiger partial charge < -0.3 is 10.2 Å². The summed E-state index contributed by atoms with van der Waals surface area (Å²) >= 11 is 0. The van der Waals surface area contributed by atoms with Crippen LogP contribution in [0.1, 0.15) is 57.4 Å². The quantitative estimate of drug-likeness (QED) is 0.918. The normalized spacial score (nSPS) is 21.0. The Morgan fingerprint density at radius 3 is 2.48 bits per heavy atom. The van der Waals surface area contributed by atoms with E-state index in [1.807, 2.05) is 7.05 Å². The Morgan fingerprint density at radius 2 is 1.86 bits per heavy atom. The average Bonchev–Trinajstić information content (AvgIpc) is 2.97. The zero-order valence-corrected chi connectivity index (χ0v) is 13.5. The van der Waals surface area contributed by atoms with Crippen molar-refractivity contribution in [2.75, 3.05) is 30.4 Å². The van der Waals surface area contributed by atoms with Crippen molar-refractivity contribution in [2.24, 2.45) is 5.41 Å². The van der Waals surface area contributed by atoms with E-state index in [0.717, 1.165) is 31.7 Å². The molecule has 1 saturated carbocycles. The van der Waals surface area contributed by atoms with Crippen molar-refractivity contribution in [3.05, 3.63) is 11.9 Å². The molecule has 2 heterocycles. The Labute approximate surface area is 128 Å². The summed E-state index contributed by atoms with van der Waals surface area (Å²) in [6, 6.07) is 0. The molecule has 0 bridgehead atoms. The molecular formula is C17H28N4. The van der Waals surface area contributed by atoms with Gasteiger partial charge in [-0.3, -0.25) is 0 Å². The first kappa shape index (κ1) is 14.6. The van der Waals surface area contributed by atoms with Crippen LogP contribution >= 0.6 is 0 Å². The predicted molar refractivity (Wildman–Crippen MR) is 87.9 cm³/mol. The maximum atomic E-state index is 4.62. The van der Waals surface area contributed by atoms with Gasteiger partial charge >= 0.3 is 0 Å². The van der Waals surface area contributed by atoms with Crippen LogP contribution in [-0.2, 0) is 6.42 Å². The monoisotopic (exact) mass is 288 g/mol. The molecule has 0 aromatic carbocycles. The highest BCUT2D eigenvalue weighted by Gasteiger charge is 2.37. The number of piperidine rings is 1. The van der Waals surface area contributed by atoms with Crippen molar-refractivity contribution in [3.8, 4) is 0 Å². The van der Waals surface area contributed by atoms with Gasteiger partial charge in [0.1, 0.15) is 18.0 Å². The van der Waals surface area contributed by atoms with Gasteiger partial charge in [-0.2, -0.15) is 0 Å². The summed E-state index contributed by atoms with van der Waals surface area (Å²) in [5, 5.41) is 3.23. The van der Waals surface area contributed by atoms with Crippen LogP contribution in [0.3, 0.4) is 0 Å². The number of nitrogens with zero attached hydrogens (tertiary/aromatic N) is 3. The zero-order valence-electron chi connectivity index (χ0n) is 13.5. The SMILES string of the molecule is CCCc1c(NC)ncnc1N1CCC2(CCCC2)CC1. The van der Waals surface area contributed by atoms with Crippen LogP contribution in [0.15, 0.2) is 6.33 Å². The molecule has 1 aliphatic carbocycles. The van der Waals surface area contributed by atoms with Crippen molar-refractivity contribution in [1.29, 1.82) is 0 Å². The van der Waals surface area contributed by atoms with E-state index in [9.17, 15) is 0 Å². The zero-order chi connectivity index (χ0) is 14.7. The van der Waals surface area contributed by atoms with Gasteiger partial charge in [0.25, 0.3) is 0 Å². The van der Waals surface area contributed by atoms with E-state index < -0.39 is 0 Å². The summed E-state index contributed by atoms with van der Waals surface area (Å²) in [7, 11) is 1.95. The van der Waals surface area contributed by atoms with Gasteiger partial charge in [0.15, 0.2) is 0 Å². The summed E-state index contributed by atoms with van der Waals surface area (Å²) in [5.74, 6) is 2.17. The van der Waals surface area contributed by atoms with Crippen LogP contribution in [0.2, 0.25) is 0 Å². The Hall–Kier alpha value is -1.32. The first-order valence-electron chi connectivity index (χ1n) is 8.54. The molecule has 1 spiro atoms. The third kappa shape index (κ3) is 2.85. The number of rotatable bonds is 4. The van der Waals surface area contributed by atoms with Crippen LogP contribution in [0, 0.1) is 5.41 Å². The third-order valence-corrected chi connectivity index (χ3v) is 5.45. The lowest BCUT2D eigenvalue weighted by molar-refractivity contribution is 0.226. The van der Waals surface area contributed by atoms with E-state index >= 15 is 0 Å². The topological polar surface area (TPSA) is 41.1 Å². The van der Waals surface area contributed by atoms with Gasteiger partial charge in [-0.05, 0) is 37.5 Å². The van der Waals surface area contributed by atoms with Gasteiger partial charge in [0.05, 0.1) is 0 Å². The molecule has 1 aromatic heterocycles. The van der Waals surface area contributed by atoms with Gasteiger partial charge in [-0.25, -0.2) is 9.97 Å². The summed E-state index contributed by atoms with van der Waals surface area (Å²) < 4.78 is 0. The number of hydrogen-bond donors (Lipinski definition) is 1. The van der Waals surface area contributed by atoms with E-state index in [4.69, 9.17) is 0 Å². The molecule has 2 aliphatic rings. The molecule has 116 valence electrons. The van der Waals surface area contributed by atoms with Crippen LogP contribution < -0.4 is 10.2 Å². The van der Waals surface area contributed by atoms with Crippen molar-refractivity contribution in [1.82, 2.24) is 9.97 Å². The van der Waals surface area contributed by atoms with Crippen molar-refractivity contribution in [3.63, 3.8) is 0 Å². The lowest BCUT2D eigenvalue weighted by Crippen LogP contribution is -2.39. The fraction of sp³-hybridized carbons (Fsp3) is 0.765. The maximum Gasteiger partial charge on any atom is 0.137 e. The smallest absolute Gasteiger partial charge is 0.137 e. The van der Waals surface area contributed by atoms with Gasteiger partial charge in [-0.1, -0.05) is 26.2 Å². The Kier molecular flexibility index (Phi) is 4.32. The second kappa shape index (κ2) is 6.20. The lowest BCUT2D eigenvalue weighted by atomic mass is 9.77. The van der Waals surface area contributed by atoms with Gasteiger partial charge in [-0.15, -0.1) is 0 Å². The lowest BCUT2D eigenvalue weighted by Gasteiger charge is -2.40. The van der Waals surface area contributed by atoms with E-state index in [1.165, 1.54) is 49.9 Å². The summed E-state index contributed by atoms with van der Waals surface area (Å²) in [6.45, 7) is 4.55. The molecule has 1 N–H and O–H groups in total. The highest BCUT2D eigenvalue weighted by Crippen LogP contribution is 2.46. The number of aromatic nitrogens is 2. The molecule has 0 amide bonds. The number of anilines is 2. The van der Waals surface area contributed by atoms with Gasteiger partial charge in [0, 0.05) is 25.7 Å². The van der Waals surface area contributed by atoms with Gasteiger partial charge in [0.2, 0.25) is 0 Å². The Morgan fingerprint density at radius 1 is 1.14 bits per heavy atom. The van der Waals surface area contributed by atoms with Crippen LogP contribution in [0.25, 0.3) is 0 Å². The van der Waals surface area contributed by atoms with Crippen LogP contribution in [-0.4, -0.2) is 30.1 Å². The summed E-state index contributed by atoms with van der Waals surface area (Å²) in [6.07, 6.45) is 12.4. The second-order valence-corrected chi connectivity index (χ2v) is 6.72. The first-order valence-corrected chi connectivity index (χ1v) is 8.54. The van der Waals surface area contributed by atoms with Crippen LogP contribution in [0.5, 0.6) is 0 Å². The predicted octanol–water partition coefficient (Wildman–Crippen LogP) is 3.63. The number of hydrogen-bond acceptors (Lipinski definition) is 4. The third-order valence-electron chi connectivity index (χ3n) is 5.45. The minimum absolute atomic E-state index is 0.667. The molecule has 0 unspecified atom stereocenters. The highest BCUT2D eigenvalue weighted by molar-refractivity contribution is 5.58. The van der Waals surface area contributed by atoms with E-state index in [-0.39, 0.29) is 0 Å². The highest BCUT2D eigenvalue weighted by atomic mass is 15.2. The van der Waals surface area contributed by atoms with E-state index in [2.05, 4.69) is 27.1 Å². The van der Waals surface area contributed by atoms with Crippen molar-refractivity contribution in [2.45, 2.75) is 58.3 Å². The summed E-state index contributed by atoms with van der Waals surface area (Å²) in [4.78, 5) is 11.5. The Balaban J connectivity index is 1.78. The molecular weight excluding hydrogens is 260 g/mol. The molecule has 4 heteroatoms. The second-order valence-electron chi connectivity index (χ2n) is 6.72. The standard InChI is InChI=1S/C17H28N4/c1-3-6-14-15(18-2)19-13-20-16(14)21-11-9-17(10-12-21)7-4-5-8-17/h13H,3-12H2,1-2H3,(H,18,19,20). The summed E-state index contributed by atoms with van der Waals surface area (Å²) in [5.41, 5.74) is 1.96. The van der Waals surface area contributed by atoms with Crippen molar-refractivity contribution < 1.29 is 0 Å². The van der Waals surface area contributed by atoms with Crippen molar-refractivity contribution >= 4 is 11.6 Å². The largest absolute Gasteiger partial charge is 0.373 e. The van der Waals surface area contributed by atoms with Crippen LogP contribution in [0.4, 0.5) is 11.6 Å². The fourth-order valence-corrected chi connectivity index (χ4v) is 4.19. The molecule has 0 radical (unpaired) electrons. The average molecular weight is 288 g/mol. The van der Waals surface area contributed by atoms with E-state index in [1.54, 1.807) is 6.33 Å². The maximum absolute atomic E-state index is 4.62. The Bertz CT molecular complexity index is 470. The molecule has 2 fully saturated rings. The first-order chi connectivity index (χ1) is 10.3. The molecule has 0 atom stereocenters. The molecule has 1 saturated heterocycles. The molecule has 1 aromatic rings. The molecule has 21 heavy (non-hydrogen) atoms. The molecule has 1 aliphatic heterocycles. The minimum Gasteiger partial charge on any atom is -0.373 e. The van der Waals surface area contributed by atoms with E-state index in [0.29, 0.717) is 5.41 Å².